The van der Waals surface area contributed by atoms with E-state index in [1.54, 1.807) is 13.2 Å². The minimum absolute atomic E-state index is 0.00173. The highest BCUT2D eigenvalue weighted by Gasteiger charge is 2.30. The zero-order valence-corrected chi connectivity index (χ0v) is 10.3. The van der Waals surface area contributed by atoms with Gasteiger partial charge in [-0.2, -0.15) is 0 Å². The Morgan fingerprint density at radius 2 is 2.24 bits per heavy atom. The number of methoxy groups -OCH3 is 1. The zero-order valence-electron chi connectivity index (χ0n) is 9.56. The lowest BCUT2D eigenvalue weighted by molar-refractivity contribution is -0.0210. The number of carbonyl (C=O) groups excluding carboxylic acids is 1. The molecule has 0 aliphatic heterocycles. The standard InChI is InChI=1S/C12H14ClNO3/c1-16-10-3-2-4-11(10)17-12(15)9-7-8(13)5-6-14-9/h5-7,10-11H,2-4H2,1H3/t10-,11-/m0/s1. The number of halogens is 1. The van der Waals surface area contributed by atoms with Gasteiger partial charge in [0.15, 0.2) is 0 Å². The molecule has 0 amide bonds. The molecule has 92 valence electrons. The third kappa shape index (κ3) is 2.96. The Balaban J connectivity index is 2.01. The second kappa shape index (κ2) is 5.47. The molecule has 0 spiro atoms. The van der Waals surface area contributed by atoms with Crippen molar-refractivity contribution in [3.8, 4) is 0 Å². The monoisotopic (exact) mass is 255 g/mol. The molecule has 5 heteroatoms. The summed E-state index contributed by atoms with van der Waals surface area (Å²) in [6.07, 6.45) is 4.09. The maximum atomic E-state index is 11.8. The van der Waals surface area contributed by atoms with Gasteiger partial charge in [-0.25, -0.2) is 9.78 Å². The van der Waals surface area contributed by atoms with E-state index in [9.17, 15) is 4.79 Å². The van der Waals surface area contributed by atoms with Gasteiger partial charge in [-0.3, -0.25) is 0 Å². The van der Waals surface area contributed by atoms with Crippen LogP contribution >= 0.6 is 11.6 Å². The van der Waals surface area contributed by atoms with Gasteiger partial charge in [0.25, 0.3) is 0 Å². The van der Waals surface area contributed by atoms with Crippen molar-refractivity contribution in [1.29, 1.82) is 0 Å². The summed E-state index contributed by atoms with van der Waals surface area (Å²) in [6, 6.07) is 3.12. The van der Waals surface area contributed by atoms with Crippen LogP contribution in [0.1, 0.15) is 29.8 Å². The Morgan fingerprint density at radius 3 is 2.94 bits per heavy atom. The lowest BCUT2D eigenvalue weighted by Gasteiger charge is -2.18. The molecule has 0 saturated heterocycles. The van der Waals surface area contributed by atoms with Crippen LogP contribution in [0, 0.1) is 0 Å². The summed E-state index contributed by atoms with van der Waals surface area (Å²) >= 11 is 5.79. The maximum absolute atomic E-state index is 11.8. The molecular formula is C12H14ClNO3. The number of rotatable bonds is 3. The van der Waals surface area contributed by atoms with Gasteiger partial charge in [-0.05, 0) is 31.4 Å². The molecule has 0 bridgehead atoms. The van der Waals surface area contributed by atoms with Crippen LogP contribution in [0.15, 0.2) is 18.3 Å². The largest absolute Gasteiger partial charge is 0.455 e. The van der Waals surface area contributed by atoms with E-state index in [2.05, 4.69) is 4.98 Å². The average molecular weight is 256 g/mol. The molecule has 1 heterocycles. The van der Waals surface area contributed by atoms with E-state index in [0.29, 0.717) is 5.02 Å². The number of carbonyl (C=O) groups is 1. The van der Waals surface area contributed by atoms with Crippen LogP contribution in [0.3, 0.4) is 0 Å². The molecule has 2 atom stereocenters. The fourth-order valence-corrected chi connectivity index (χ4v) is 2.17. The quantitative estimate of drug-likeness (QED) is 0.779. The molecule has 1 aromatic rings. The highest BCUT2D eigenvalue weighted by atomic mass is 35.5. The summed E-state index contributed by atoms with van der Waals surface area (Å²) in [4.78, 5) is 15.7. The van der Waals surface area contributed by atoms with Gasteiger partial charge in [-0.1, -0.05) is 11.6 Å². The molecule has 0 aromatic carbocycles. The fraction of sp³-hybridized carbons (Fsp3) is 0.500. The van der Waals surface area contributed by atoms with E-state index in [1.165, 1.54) is 12.3 Å². The number of pyridine rings is 1. The first-order valence-electron chi connectivity index (χ1n) is 5.56. The van der Waals surface area contributed by atoms with Crippen molar-refractivity contribution in [2.75, 3.05) is 7.11 Å². The summed E-state index contributed by atoms with van der Waals surface area (Å²) in [6.45, 7) is 0. The van der Waals surface area contributed by atoms with Crippen LogP contribution in [0.4, 0.5) is 0 Å². The van der Waals surface area contributed by atoms with Crippen LogP contribution in [0.25, 0.3) is 0 Å². The summed E-state index contributed by atoms with van der Waals surface area (Å²) < 4.78 is 10.6. The van der Waals surface area contributed by atoms with E-state index in [-0.39, 0.29) is 17.9 Å². The summed E-state index contributed by atoms with van der Waals surface area (Å²) in [5.41, 5.74) is 0.235. The molecule has 1 fully saturated rings. The summed E-state index contributed by atoms with van der Waals surface area (Å²) in [5.74, 6) is -0.443. The molecule has 17 heavy (non-hydrogen) atoms. The van der Waals surface area contributed by atoms with Gasteiger partial charge in [0.1, 0.15) is 11.8 Å². The molecular weight excluding hydrogens is 242 g/mol. The Kier molecular flexibility index (Phi) is 3.97. The number of esters is 1. The lowest BCUT2D eigenvalue weighted by atomic mass is 10.2. The number of nitrogens with zero attached hydrogens (tertiary/aromatic N) is 1. The molecule has 1 aliphatic carbocycles. The van der Waals surface area contributed by atoms with E-state index < -0.39 is 5.97 Å². The van der Waals surface area contributed by atoms with Gasteiger partial charge < -0.3 is 9.47 Å². The first kappa shape index (κ1) is 12.3. The summed E-state index contributed by atoms with van der Waals surface area (Å²) in [5, 5.41) is 0.474. The third-order valence-corrected chi connectivity index (χ3v) is 3.12. The molecule has 0 unspecified atom stereocenters. The Labute approximate surface area is 105 Å². The lowest BCUT2D eigenvalue weighted by Crippen LogP contribution is -2.28. The van der Waals surface area contributed by atoms with Crippen molar-refractivity contribution in [3.05, 3.63) is 29.0 Å². The van der Waals surface area contributed by atoms with Crippen LogP contribution in [-0.4, -0.2) is 30.3 Å². The molecule has 1 aliphatic rings. The van der Waals surface area contributed by atoms with Gasteiger partial charge in [0.2, 0.25) is 0 Å². The van der Waals surface area contributed by atoms with Crippen molar-refractivity contribution in [1.82, 2.24) is 4.98 Å². The second-order valence-corrected chi connectivity index (χ2v) is 4.44. The minimum atomic E-state index is -0.443. The fourth-order valence-electron chi connectivity index (χ4n) is 2.01. The zero-order chi connectivity index (χ0) is 12.3. The Hall–Kier alpha value is -1.13. The predicted octanol–water partition coefficient (Wildman–Crippen LogP) is 2.46. The Morgan fingerprint density at radius 1 is 1.47 bits per heavy atom. The van der Waals surface area contributed by atoms with Crippen molar-refractivity contribution in [2.45, 2.75) is 31.5 Å². The number of hydrogen-bond donors (Lipinski definition) is 0. The number of ether oxygens (including phenoxy) is 2. The minimum Gasteiger partial charge on any atom is -0.455 e. The van der Waals surface area contributed by atoms with Crippen LogP contribution < -0.4 is 0 Å². The van der Waals surface area contributed by atoms with Crippen LogP contribution in [-0.2, 0) is 9.47 Å². The van der Waals surface area contributed by atoms with E-state index in [0.717, 1.165) is 19.3 Å². The molecule has 0 radical (unpaired) electrons. The van der Waals surface area contributed by atoms with Gasteiger partial charge in [0.05, 0.1) is 6.10 Å². The SMILES string of the molecule is CO[C@H]1CCC[C@@H]1OC(=O)c1cc(Cl)ccn1. The molecule has 0 N–H and O–H groups in total. The van der Waals surface area contributed by atoms with Crippen molar-refractivity contribution in [3.63, 3.8) is 0 Å². The van der Waals surface area contributed by atoms with Crippen molar-refractivity contribution < 1.29 is 14.3 Å². The van der Waals surface area contributed by atoms with Crippen molar-refractivity contribution >= 4 is 17.6 Å². The predicted molar refractivity (Wildman–Crippen MR) is 63.1 cm³/mol. The highest BCUT2D eigenvalue weighted by molar-refractivity contribution is 6.30. The first-order valence-corrected chi connectivity index (χ1v) is 5.94. The van der Waals surface area contributed by atoms with Crippen LogP contribution in [0.5, 0.6) is 0 Å². The Bertz CT molecular complexity index is 410. The molecule has 2 rings (SSSR count). The molecule has 1 saturated carbocycles. The van der Waals surface area contributed by atoms with Gasteiger partial charge >= 0.3 is 5.97 Å². The second-order valence-electron chi connectivity index (χ2n) is 4.01. The normalized spacial score (nSPS) is 23.6. The molecule has 1 aromatic heterocycles. The number of aromatic nitrogens is 1. The smallest absolute Gasteiger partial charge is 0.357 e. The van der Waals surface area contributed by atoms with E-state index >= 15 is 0 Å². The first-order chi connectivity index (χ1) is 8.20. The van der Waals surface area contributed by atoms with Crippen LogP contribution in [0.2, 0.25) is 5.02 Å². The summed E-state index contributed by atoms with van der Waals surface area (Å²) in [7, 11) is 1.63. The highest BCUT2D eigenvalue weighted by Crippen LogP contribution is 2.25. The third-order valence-electron chi connectivity index (χ3n) is 2.88. The van der Waals surface area contributed by atoms with Gasteiger partial charge in [-0.15, -0.1) is 0 Å². The average Bonchev–Trinajstić information content (AvgIpc) is 2.76. The van der Waals surface area contributed by atoms with E-state index in [1.807, 2.05) is 0 Å². The van der Waals surface area contributed by atoms with Gasteiger partial charge in [0, 0.05) is 18.3 Å². The van der Waals surface area contributed by atoms with E-state index in [4.69, 9.17) is 21.1 Å². The molecule has 4 nitrogen and oxygen atoms in total. The maximum Gasteiger partial charge on any atom is 0.357 e. The van der Waals surface area contributed by atoms with Crippen molar-refractivity contribution in [2.24, 2.45) is 0 Å². The number of hydrogen-bond acceptors (Lipinski definition) is 4. The topological polar surface area (TPSA) is 48.4 Å².